The summed E-state index contributed by atoms with van der Waals surface area (Å²) in [4.78, 5) is 61.5. The molecule has 17 nitrogen and oxygen atoms in total. The number of aromatic nitrogens is 2. The highest BCUT2D eigenvalue weighted by molar-refractivity contribution is 6.34. The van der Waals surface area contributed by atoms with Gasteiger partial charge in [0.05, 0.1) is 58.8 Å². The van der Waals surface area contributed by atoms with Crippen molar-refractivity contribution in [2.75, 3.05) is 44.5 Å². The topological polar surface area (TPSA) is 221 Å². The summed E-state index contributed by atoms with van der Waals surface area (Å²) in [5, 5.41) is 21.7. The molecule has 6 rings (SSSR count). The number of rotatable bonds is 15. The van der Waals surface area contributed by atoms with E-state index in [9.17, 15) is 24.3 Å². The number of nitrogens with zero attached hydrogens (tertiary/aromatic N) is 2. The smallest absolute Gasteiger partial charge is 0.339 e. The van der Waals surface area contributed by atoms with Crippen LogP contribution in [-0.4, -0.2) is 72.9 Å². The third kappa shape index (κ3) is 12.5. The standard InChI is InChI=1S/C24H27ClN4O5.C20H18ClN3O5/c1-5-26-24(31)28-19-7-6-15(10-18(19)25)34-21-8-9-27-20-12-22(32-4)17(11-16(20)21)23(30)29-33-13-14(2)3;1-3-22-20(27)24-15-5-4-11(8-14(15)21)29-17-6-7-23-16-10-18(28-2)13(19(25)26)9-12(16)17/h6-12,14H,5,13H2,1-4H3,(H,29,30)(H2,26,28,31);4-10H,3H2,1-2H3,(H,25,26)(H2,22,24,27). The zero-order valence-corrected chi connectivity index (χ0v) is 36.6. The Morgan fingerprint density at radius 3 is 1.52 bits per heavy atom. The Balaban J connectivity index is 0.000000240. The van der Waals surface area contributed by atoms with Crippen LogP contribution in [0.2, 0.25) is 10.0 Å². The largest absolute Gasteiger partial charge is 0.496 e. The van der Waals surface area contributed by atoms with E-state index in [-0.39, 0.29) is 34.9 Å². The van der Waals surface area contributed by atoms with Gasteiger partial charge in [0, 0.05) is 60.5 Å². The molecule has 0 unspecified atom stereocenters. The van der Waals surface area contributed by atoms with Crippen LogP contribution in [0, 0.1) is 5.92 Å². The average Bonchev–Trinajstić information content (AvgIpc) is 3.25. The van der Waals surface area contributed by atoms with E-state index in [0.717, 1.165) is 0 Å². The number of urea groups is 2. The number of carboxylic acids is 1. The number of ether oxygens (including phenoxy) is 4. The summed E-state index contributed by atoms with van der Waals surface area (Å²) in [7, 11) is 2.87. The highest BCUT2D eigenvalue weighted by atomic mass is 35.5. The van der Waals surface area contributed by atoms with Crippen LogP contribution in [0.15, 0.2) is 85.2 Å². The molecule has 330 valence electrons. The number of amides is 5. The van der Waals surface area contributed by atoms with Crippen LogP contribution < -0.4 is 45.7 Å². The Labute approximate surface area is 372 Å². The predicted molar refractivity (Wildman–Crippen MR) is 240 cm³/mol. The van der Waals surface area contributed by atoms with E-state index in [1.54, 1.807) is 73.1 Å². The Hall–Kier alpha value is -7.08. The van der Waals surface area contributed by atoms with Gasteiger partial charge in [0.2, 0.25) is 0 Å². The molecule has 63 heavy (non-hydrogen) atoms. The molecular weight excluding hydrogens is 857 g/mol. The lowest BCUT2D eigenvalue weighted by molar-refractivity contribution is 0.0207. The van der Waals surface area contributed by atoms with E-state index in [2.05, 4.69) is 36.7 Å². The molecule has 0 saturated carbocycles. The minimum Gasteiger partial charge on any atom is -0.496 e. The van der Waals surface area contributed by atoms with Crippen molar-refractivity contribution in [3.63, 3.8) is 0 Å². The first-order valence-electron chi connectivity index (χ1n) is 19.4. The molecule has 0 bridgehead atoms. The highest BCUT2D eigenvalue weighted by Crippen LogP contribution is 2.37. The summed E-state index contributed by atoms with van der Waals surface area (Å²) < 4.78 is 22.5. The van der Waals surface area contributed by atoms with Crippen LogP contribution in [0.3, 0.4) is 0 Å². The van der Waals surface area contributed by atoms with Crippen molar-refractivity contribution < 1.29 is 48.1 Å². The lowest BCUT2D eigenvalue weighted by Gasteiger charge is -2.14. The second-order valence-corrected chi connectivity index (χ2v) is 14.5. The van der Waals surface area contributed by atoms with Gasteiger partial charge < -0.3 is 45.3 Å². The predicted octanol–water partition coefficient (Wildman–Crippen LogP) is 9.68. The van der Waals surface area contributed by atoms with Crippen molar-refractivity contribution in [3.05, 3.63) is 106 Å². The second kappa shape index (κ2) is 22.1. The van der Waals surface area contributed by atoms with Crippen LogP contribution in [0.25, 0.3) is 21.8 Å². The van der Waals surface area contributed by atoms with Gasteiger partial charge in [-0.2, -0.15) is 0 Å². The van der Waals surface area contributed by atoms with Crippen molar-refractivity contribution >= 4 is 80.3 Å². The van der Waals surface area contributed by atoms with Crippen molar-refractivity contribution in [3.8, 4) is 34.5 Å². The Morgan fingerprint density at radius 1 is 0.651 bits per heavy atom. The monoisotopic (exact) mass is 901 g/mol. The Morgan fingerprint density at radius 2 is 1.11 bits per heavy atom. The molecule has 2 heterocycles. The summed E-state index contributed by atoms with van der Waals surface area (Å²) >= 11 is 12.6. The minimum absolute atomic E-state index is 0.00244. The highest BCUT2D eigenvalue weighted by Gasteiger charge is 2.19. The van der Waals surface area contributed by atoms with Crippen molar-refractivity contribution in [2.24, 2.45) is 5.92 Å². The summed E-state index contributed by atoms with van der Waals surface area (Å²) in [5.74, 6) is 0.978. The molecule has 5 amide bonds. The maximum absolute atomic E-state index is 12.7. The number of carbonyl (C=O) groups is 4. The number of pyridine rings is 2. The molecule has 0 fully saturated rings. The number of aromatic carboxylic acids is 1. The molecule has 0 radical (unpaired) electrons. The molecule has 6 aromatic rings. The molecule has 0 aliphatic carbocycles. The van der Waals surface area contributed by atoms with Crippen molar-refractivity contribution in [1.29, 1.82) is 0 Å². The first-order chi connectivity index (χ1) is 30.2. The maximum atomic E-state index is 12.7. The van der Waals surface area contributed by atoms with E-state index >= 15 is 0 Å². The maximum Gasteiger partial charge on any atom is 0.339 e. The molecule has 4 aromatic carbocycles. The summed E-state index contributed by atoms with van der Waals surface area (Å²) in [6.07, 6.45) is 3.14. The molecular formula is C44H45Cl2N7O10. The van der Waals surface area contributed by atoms with E-state index in [1.165, 1.54) is 26.4 Å². The van der Waals surface area contributed by atoms with Gasteiger partial charge >= 0.3 is 18.0 Å². The fraction of sp³-hybridized carbons (Fsp3) is 0.227. The number of nitrogens with one attached hydrogen (secondary N) is 5. The number of methoxy groups -OCH3 is 2. The quantitative estimate of drug-likeness (QED) is 0.0531. The first-order valence-corrected chi connectivity index (χ1v) is 20.1. The zero-order chi connectivity index (χ0) is 45.6. The van der Waals surface area contributed by atoms with Crippen LogP contribution >= 0.6 is 23.2 Å². The van der Waals surface area contributed by atoms with Crippen LogP contribution in [0.1, 0.15) is 48.4 Å². The van der Waals surface area contributed by atoms with Crippen LogP contribution in [-0.2, 0) is 4.84 Å². The first kappa shape index (κ1) is 47.0. The zero-order valence-electron chi connectivity index (χ0n) is 35.1. The molecule has 19 heteroatoms. The lowest BCUT2D eigenvalue weighted by Crippen LogP contribution is -2.28. The number of carbonyl (C=O) groups excluding carboxylic acids is 3. The van der Waals surface area contributed by atoms with Crippen molar-refractivity contribution in [2.45, 2.75) is 27.7 Å². The Bertz CT molecular complexity index is 2630. The lowest BCUT2D eigenvalue weighted by atomic mass is 10.1. The number of halogens is 2. The number of hydroxylamine groups is 1. The van der Waals surface area contributed by atoms with Gasteiger partial charge in [0.15, 0.2) is 0 Å². The molecule has 0 saturated heterocycles. The second-order valence-electron chi connectivity index (χ2n) is 13.7. The number of carboxylic acid groups (broad SMARTS) is 1. The third-order valence-corrected chi connectivity index (χ3v) is 9.24. The Kier molecular flexibility index (Phi) is 16.5. The van der Waals surface area contributed by atoms with E-state index in [0.29, 0.717) is 91.7 Å². The minimum atomic E-state index is -1.12. The summed E-state index contributed by atoms with van der Waals surface area (Å²) in [5.41, 5.74) is 4.69. The number of anilines is 2. The molecule has 6 N–H and O–H groups in total. The van der Waals surface area contributed by atoms with Gasteiger partial charge in [0.1, 0.15) is 40.1 Å². The number of hydrogen-bond donors (Lipinski definition) is 6. The van der Waals surface area contributed by atoms with E-state index in [1.807, 2.05) is 27.7 Å². The molecule has 0 aliphatic rings. The van der Waals surface area contributed by atoms with E-state index in [4.69, 9.17) is 47.0 Å². The molecule has 2 aromatic heterocycles. The summed E-state index contributed by atoms with van der Waals surface area (Å²) in [6.45, 7) is 8.95. The van der Waals surface area contributed by atoms with Gasteiger partial charge in [0.25, 0.3) is 5.91 Å². The average molecular weight is 903 g/mol. The van der Waals surface area contributed by atoms with Gasteiger partial charge in [-0.25, -0.2) is 19.9 Å². The molecule has 0 atom stereocenters. The number of fused-ring (bicyclic) bond motifs is 2. The van der Waals surface area contributed by atoms with Gasteiger partial charge in [-0.15, -0.1) is 0 Å². The van der Waals surface area contributed by atoms with Gasteiger partial charge in [-0.1, -0.05) is 37.0 Å². The summed E-state index contributed by atoms with van der Waals surface area (Å²) in [6, 6.07) is 18.6. The SMILES string of the molecule is CCNC(=O)Nc1ccc(Oc2ccnc3cc(OC)c(C(=O)NOCC(C)C)cc23)cc1Cl.CCNC(=O)Nc1ccc(Oc2ccnc3cc(OC)c(C(=O)O)cc23)cc1Cl. The van der Waals surface area contributed by atoms with Crippen LogP contribution in [0.5, 0.6) is 34.5 Å². The normalized spacial score (nSPS) is 10.6. The van der Waals surface area contributed by atoms with Gasteiger partial charge in [-0.05, 0) is 68.3 Å². The third-order valence-electron chi connectivity index (χ3n) is 8.61. The number of benzene rings is 4. The fourth-order valence-corrected chi connectivity index (χ4v) is 6.15. The number of hydrogen-bond acceptors (Lipinski definition) is 11. The molecule has 0 spiro atoms. The van der Waals surface area contributed by atoms with Crippen molar-refractivity contribution in [1.82, 2.24) is 26.1 Å². The van der Waals surface area contributed by atoms with Gasteiger partial charge in [-0.3, -0.25) is 19.6 Å². The molecule has 0 aliphatic heterocycles. The van der Waals surface area contributed by atoms with Crippen LogP contribution in [0.4, 0.5) is 21.0 Å². The van der Waals surface area contributed by atoms with E-state index < -0.39 is 11.9 Å². The fourth-order valence-electron chi connectivity index (χ4n) is 5.72.